The van der Waals surface area contributed by atoms with E-state index in [-0.39, 0.29) is 0 Å². The summed E-state index contributed by atoms with van der Waals surface area (Å²) in [6.07, 6.45) is 3.67. The lowest BCUT2D eigenvalue weighted by Gasteiger charge is -1.91. The van der Waals surface area contributed by atoms with Crippen molar-refractivity contribution < 1.29 is 0 Å². The van der Waals surface area contributed by atoms with Gasteiger partial charge in [-0.05, 0) is 24.3 Å². The summed E-state index contributed by atoms with van der Waals surface area (Å²) < 4.78 is 6.24. The van der Waals surface area contributed by atoms with Crippen molar-refractivity contribution in [3.63, 3.8) is 0 Å². The molecular formula is C11H8N4S. The van der Waals surface area contributed by atoms with E-state index in [9.17, 15) is 0 Å². The molecule has 0 aliphatic carbocycles. The monoisotopic (exact) mass is 228 g/mol. The summed E-state index contributed by atoms with van der Waals surface area (Å²) in [5.74, 6) is 0.699. The van der Waals surface area contributed by atoms with Gasteiger partial charge in [-0.2, -0.15) is 9.37 Å². The number of rotatable bonds is 1. The van der Waals surface area contributed by atoms with Gasteiger partial charge < -0.3 is 0 Å². The fourth-order valence-corrected chi connectivity index (χ4v) is 2.09. The predicted molar refractivity (Wildman–Crippen MR) is 62.5 cm³/mol. The van der Waals surface area contributed by atoms with Crippen LogP contribution < -0.4 is 4.80 Å². The Labute approximate surface area is 95.7 Å². The smallest absolute Gasteiger partial charge is 0.215 e. The van der Waals surface area contributed by atoms with Crippen molar-refractivity contribution in [2.45, 2.75) is 0 Å². The molecule has 3 rings (SSSR count). The maximum Gasteiger partial charge on any atom is 0.215 e. The number of fused-ring (bicyclic) bond motifs is 1. The highest BCUT2D eigenvalue weighted by atomic mass is 32.1. The van der Waals surface area contributed by atoms with Crippen LogP contribution in [-0.4, -0.2) is 13.8 Å². The normalized spacial score (nSPS) is 12.1. The first-order chi connectivity index (χ1) is 7.93. The Morgan fingerprint density at radius 1 is 1.12 bits per heavy atom. The number of hydrogen-bond acceptors (Lipinski definition) is 4. The summed E-state index contributed by atoms with van der Waals surface area (Å²) in [5, 5.41) is 0. The quantitative estimate of drug-likeness (QED) is 0.639. The van der Waals surface area contributed by atoms with Crippen LogP contribution in [-0.2, 0) is 0 Å². The molecule has 0 amide bonds. The molecule has 0 atom stereocenters. The fourth-order valence-electron chi connectivity index (χ4n) is 1.39. The van der Waals surface area contributed by atoms with Crippen molar-refractivity contribution in [2.75, 3.05) is 0 Å². The lowest BCUT2D eigenvalue weighted by Crippen LogP contribution is -2.04. The van der Waals surface area contributed by atoms with Crippen molar-refractivity contribution >= 4 is 23.0 Å². The van der Waals surface area contributed by atoms with E-state index in [4.69, 9.17) is 0 Å². The number of hydrogen-bond donors (Lipinski definition) is 0. The van der Waals surface area contributed by atoms with Gasteiger partial charge in [0.25, 0.3) is 0 Å². The Balaban J connectivity index is 2.23. The molecule has 3 aromatic rings. The molecule has 0 aliphatic rings. The van der Waals surface area contributed by atoms with Crippen molar-refractivity contribution in [2.24, 2.45) is 4.99 Å². The highest BCUT2D eigenvalue weighted by molar-refractivity contribution is 7.03. The molecule has 0 fully saturated rings. The second kappa shape index (κ2) is 3.86. The molecule has 0 aliphatic heterocycles. The summed E-state index contributed by atoms with van der Waals surface area (Å²) >= 11 is 1.36. The molecule has 0 saturated heterocycles. The maximum absolute atomic E-state index is 4.44. The third-order valence-corrected chi connectivity index (χ3v) is 2.85. The zero-order valence-electron chi connectivity index (χ0n) is 8.32. The maximum atomic E-state index is 4.44. The van der Waals surface area contributed by atoms with E-state index in [1.165, 1.54) is 11.5 Å². The number of nitrogens with zero attached hydrogens (tertiary/aromatic N) is 4. The third-order valence-electron chi connectivity index (χ3n) is 2.12. The second-order valence-electron chi connectivity index (χ2n) is 3.19. The first kappa shape index (κ1) is 9.23. The SMILES string of the molecule is c1ccc(/N=c2\snc3ccccn23)nc1. The van der Waals surface area contributed by atoms with Crippen LogP contribution in [0.4, 0.5) is 5.82 Å². The van der Waals surface area contributed by atoms with Crippen molar-refractivity contribution in [3.8, 4) is 0 Å². The molecule has 0 aromatic carbocycles. The van der Waals surface area contributed by atoms with Gasteiger partial charge >= 0.3 is 0 Å². The molecule has 0 saturated carbocycles. The number of aromatic nitrogens is 3. The molecule has 0 N–H and O–H groups in total. The molecule has 0 unspecified atom stereocenters. The van der Waals surface area contributed by atoms with Gasteiger partial charge in [-0.15, -0.1) is 0 Å². The minimum absolute atomic E-state index is 0.699. The Hall–Kier alpha value is -2.01. The molecule has 16 heavy (non-hydrogen) atoms. The highest BCUT2D eigenvalue weighted by Gasteiger charge is 1.97. The predicted octanol–water partition coefficient (Wildman–Crippen LogP) is 2.02. The Morgan fingerprint density at radius 2 is 2.06 bits per heavy atom. The van der Waals surface area contributed by atoms with Crippen LogP contribution in [0.15, 0.2) is 53.8 Å². The minimum Gasteiger partial charge on any atom is -0.275 e. The van der Waals surface area contributed by atoms with E-state index in [0.29, 0.717) is 5.82 Å². The van der Waals surface area contributed by atoms with E-state index in [0.717, 1.165) is 10.4 Å². The van der Waals surface area contributed by atoms with Crippen LogP contribution in [0.5, 0.6) is 0 Å². The molecule has 0 bridgehead atoms. The van der Waals surface area contributed by atoms with Gasteiger partial charge in [-0.1, -0.05) is 12.1 Å². The van der Waals surface area contributed by atoms with Gasteiger partial charge in [-0.25, -0.2) is 4.98 Å². The summed E-state index contributed by atoms with van der Waals surface area (Å²) in [6.45, 7) is 0. The summed E-state index contributed by atoms with van der Waals surface area (Å²) in [6, 6.07) is 11.5. The van der Waals surface area contributed by atoms with Crippen molar-refractivity contribution in [1.29, 1.82) is 0 Å². The van der Waals surface area contributed by atoms with Gasteiger partial charge in [0.15, 0.2) is 11.5 Å². The van der Waals surface area contributed by atoms with E-state index in [2.05, 4.69) is 14.3 Å². The molecule has 0 radical (unpaired) electrons. The Kier molecular flexibility index (Phi) is 2.23. The fraction of sp³-hybridized carbons (Fsp3) is 0. The number of pyridine rings is 2. The highest BCUT2D eigenvalue weighted by Crippen LogP contribution is 2.04. The topological polar surface area (TPSA) is 42.5 Å². The summed E-state index contributed by atoms with van der Waals surface area (Å²) in [5.41, 5.74) is 0.905. The van der Waals surface area contributed by atoms with Crippen molar-refractivity contribution in [1.82, 2.24) is 13.8 Å². The first-order valence-electron chi connectivity index (χ1n) is 4.82. The lowest BCUT2D eigenvalue weighted by atomic mass is 10.5. The van der Waals surface area contributed by atoms with Crippen LogP contribution in [0.1, 0.15) is 0 Å². The third kappa shape index (κ3) is 1.61. The van der Waals surface area contributed by atoms with Crippen LogP contribution in [0.2, 0.25) is 0 Å². The average Bonchev–Trinajstić information content (AvgIpc) is 2.74. The van der Waals surface area contributed by atoms with Gasteiger partial charge in [0.05, 0.1) is 0 Å². The van der Waals surface area contributed by atoms with Gasteiger partial charge in [0, 0.05) is 23.9 Å². The Bertz CT molecular complexity index is 669. The summed E-state index contributed by atoms with van der Waals surface area (Å²) in [4.78, 5) is 9.42. The van der Waals surface area contributed by atoms with E-state index < -0.39 is 0 Å². The van der Waals surface area contributed by atoms with E-state index >= 15 is 0 Å². The zero-order chi connectivity index (χ0) is 10.8. The van der Waals surface area contributed by atoms with Crippen LogP contribution in [0, 0.1) is 0 Å². The second-order valence-corrected chi connectivity index (χ2v) is 3.92. The largest absolute Gasteiger partial charge is 0.275 e. The Morgan fingerprint density at radius 3 is 2.94 bits per heavy atom. The molecule has 3 aromatic heterocycles. The molecule has 78 valence electrons. The lowest BCUT2D eigenvalue weighted by molar-refractivity contribution is 1.07. The zero-order valence-corrected chi connectivity index (χ0v) is 9.13. The molecule has 3 heterocycles. The molecule has 0 spiro atoms. The average molecular weight is 228 g/mol. The van der Waals surface area contributed by atoms with Gasteiger partial charge in [0.1, 0.15) is 0 Å². The minimum atomic E-state index is 0.699. The molecule has 5 heteroatoms. The molecular weight excluding hydrogens is 220 g/mol. The van der Waals surface area contributed by atoms with Crippen molar-refractivity contribution in [3.05, 3.63) is 53.6 Å². The molecule has 4 nitrogen and oxygen atoms in total. The van der Waals surface area contributed by atoms with Crippen LogP contribution >= 0.6 is 11.5 Å². The summed E-state index contributed by atoms with van der Waals surface area (Å²) in [7, 11) is 0. The first-order valence-corrected chi connectivity index (χ1v) is 5.60. The van der Waals surface area contributed by atoms with Crippen LogP contribution in [0.3, 0.4) is 0 Å². The van der Waals surface area contributed by atoms with E-state index in [1.54, 1.807) is 6.20 Å². The van der Waals surface area contributed by atoms with Gasteiger partial charge in [0.2, 0.25) is 4.80 Å². The van der Waals surface area contributed by atoms with Crippen LogP contribution in [0.25, 0.3) is 5.65 Å². The standard InChI is InChI=1S/C11H8N4S/c1-3-7-12-9(5-1)13-11-15-8-4-2-6-10(15)14-16-11/h1-8H/b13-11-. The van der Waals surface area contributed by atoms with E-state index in [1.807, 2.05) is 47.0 Å². The van der Waals surface area contributed by atoms with Gasteiger partial charge in [-0.3, -0.25) is 4.40 Å².